The first-order valence-corrected chi connectivity index (χ1v) is 5.48. The van der Waals surface area contributed by atoms with Crippen LogP contribution < -0.4 is 11.1 Å². The molecule has 0 spiro atoms. The molecule has 1 aromatic heterocycles. The van der Waals surface area contributed by atoms with Crippen LogP contribution in [0.2, 0.25) is 0 Å². The molecule has 6 heteroatoms. The van der Waals surface area contributed by atoms with Crippen LogP contribution in [0.3, 0.4) is 0 Å². The van der Waals surface area contributed by atoms with Gasteiger partial charge in [-0.05, 0) is 6.92 Å². The normalized spacial score (nSPS) is 10.5. The van der Waals surface area contributed by atoms with Gasteiger partial charge in [-0.3, -0.25) is 4.79 Å². The van der Waals surface area contributed by atoms with E-state index in [1.165, 1.54) is 4.88 Å². The average Bonchev–Trinajstić information content (AvgIpc) is 2.57. The summed E-state index contributed by atoms with van der Waals surface area (Å²) in [6, 6.07) is 0. The summed E-state index contributed by atoms with van der Waals surface area (Å²) in [5.41, 5.74) is 4.91. The summed E-state index contributed by atoms with van der Waals surface area (Å²) in [5.74, 6) is -0.437. The Labute approximate surface area is 92.6 Å². The van der Waals surface area contributed by atoms with E-state index in [1.807, 2.05) is 13.1 Å². The Morgan fingerprint density at radius 3 is 3.13 bits per heavy atom. The molecule has 0 radical (unpaired) electrons. The van der Waals surface area contributed by atoms with Gasteiger partial charge in [-0.2, -0.15) is 0 Å². The summed E-state index contributed by atoms with van der Waals surface area (Å²) in [6.45, 7) is 3.93. The first kappa shape index (κ1) is 12.1. The van der Waals surface area contributed by atoms with Crippen molar-refractivity contribution < 1.29 is 9.53 Å². The molecule has 0 aliphatic heterocycles. The van der Waals surface area contributed by atoms with Crippen LogP contribution in [0.1, 0.15) is 9.88 Å². The molecular weight excluding hydrogens is 214 g/mol. The number of aromatic nitrogens is 1. The molecule has 0 saturated heterocycles. The molecule has 0 bridgehead atoms. The van der Waals surface area contributed by atoms with Crippen molar-refractivity contribution in [1.29, 1.82) is 0 Å². The van der Waals surface area contributed by atoms with Crippen molar-refractivity contribution >= 4 is 17.2 Å². The summed E-state index contributed by atoms with van der Waals surface area (Å²) < 4.78 is 4.99. The van der Waals surface area contributed by atoms with Gasteiger partial charge in [0.15, 0.2) is 0 Å². The molecule has 0 atom stereocenters. The summed E-state index contributed by atoms with van der Waals surface area (Å²) in [7, 11) is 0. The molecule has 0 unspecified atom stereocenters. The summed E-state index contributed by atoms with van der Waals surface area (Å²) in [5, 5.41) is 4.25. The first-order chi connectivity index (χ1) is 7.18. The van der Waals surface area contributed by atoms with Crippen LogP contribution in [0.15, 0.2) is 6.20 Å². The minimum absolute atomic E-state index is 0.0126. The fraction of sp³-hybridized carbons (Fsp3) is 0.556. The van der Waals surface area contributed by atoms with Gasteiger partial charge in [0.25, 0.3) is 0 Å². The molecule has 0 aliphatic rings. The maximum absolute atomic E-state index is 10.3. The second-order valence-electron chi connectivity index (χ2n) is 3.04. The van der Waals surface area contributed by atoms with Crippen molar-refractivity contribution in [3.63, 3.8) is 0 Å². The number of hydrogen-bond donors (Lipinski definition) is 2. The van der Waals surface area contributed by atoms with Gasteiger partial charge in [0.1, 0.15) is 6.61 Å². The predicted octanol–water partition coefficient (Wildman–Crippen LogP) is 0.0430. The van der Waals surface area contributed by atoms with Gasteiger partial charge in [0.2, 0.25) is 5.91 Å². The Morgan fingerprint density at radius 2 is 2.53 bits per heavy atom. The third kappa shape index (κ3) is 5.46. The molecular formula is C9H15N3O2S. The highest BCUT2D eigenvalue weighted by molar-refractivity contribution is 7.11. The van der Waals surface area contributed by atoms with E-state index in [1.54, 1.807) is 11.3 Å². The molecule has 15 heavy (non-hydrogen) atoms. The second kappa shape index (κ2) is 6.49. The summed E-state index contributed by atoms with van der Waals surface area (Å²) in [4.78, 5) is 15.7. The highest BCUT2D eigenvalue weighted by Crippen LogP contribution is 2.10. The van der Waals surface area contributed by atoms with Crippen LogP contribution in [-0.2, 0) is 16.1 Å². The van der Waals surface area contributed by atoms with Gasteiger partial charge < -0.3 is 15.8 Å². The monoisotopic (exact) mass is 229 g/mol. The Bertz CT molecular complexity index is 314. The standard InChI is InChI=1S/C9H15N3O2S/c1-7-12-5-8(15-7)4-11-2-3-14-6-9(10)13/h5,11H,2-4,6H2,1H3,(H2,10,13). The van der Waals surface area contributed by atoms with E-state index < -0.39 is 5.91 Å². The molecule has 0 saturated carbocycles. The third-order valence-corrected chi connectivity index (χ3v) is 2.55. The lowest BCUT2D eigenvalue weighted by Gasteiger charge is -2.02. The number of thiazole rings is 1. The number of carbonyl (C=O) groups is 1. The van der Waals surface area contributed by atoms with E-state index in [9.17, 15) is 4.79 Å². The van der Waals surface area contributed by atoms with E-state index in [0.717, 1.165) is 11.6 Å². The van der Waals surface area contributed by atoms with Gasteiger partial charge in [-0.1, -0.05) is 0 Å². The van der Waals surface area contributed by atoms with Crippen LogP contribution in [0.4, 0.5) is 0 Å². The second-order valence-corrected chi connectivity index (χ2v) is 4.36. The fourth-order valence-electron chi connectivity index (χ4n) is 1.02. The number of hydrogen-bond acceptors (Lipinski definition) is 5. The number of nitrogens with two attached hydrogens (primary N) is 1. The lowest BCUT2D eigenvalue weighted by molar-refractivity contribution is -0.122. The molecule has 1 amide bonds. The quantitative estimate of drug-likeness (QED) is 0.647. The highest BCUT2D eigenvalue weighted by Gasteiger charge is 1.97. The van der Waals surface area contributed by atoms with Gasteiger partial charge >= 0.3 is 0 Å². The van der Waals surface area contributed by atoms with Crippen LogP contribution in [0, 0.1) is 6.92 Å². The van der Waals surface area contributed by atoms with Crippen molar-refractivity contribution in [2.45, 2.75) is 13.5 Å². The zero-order chi connectivity index (χ0) is 11.1. The molecule has 84 valence electrons. The fourth-order valence-corrected chi connectivity index (χ4v) is 1.78. The zero-order valence-electron chi connectivity index (χ0n) is 8.66. The number of amides is 1. The average molecular weight is 229 g/mol. The lowest BCUT2D eigenvalue weighted by Crippen LogP contribution is -2.23. The topological polar surface area (TPSA) is 77.2 Å². The first-order valence-electron chi connectivity index (χ1n) is 4.66. The van der Waals surface area contributed by atoms with E-state index in [4.69, 9.17) is 10.5 Å². The van der Waals surface area contributed by atoms with Crippen LogP contribution in [0.25, 0.3) is 0 Å². The van der Waals surface area contributed by atoms with Crippen LogP contribution in [0.5, 0.6) is 0 Å². The Morgan fingerprint density at radius 1 is 1.73 bits per heavy atom. The Kier molecular flexibility index (Phi) is 5.23. The van der Waals surface area contributed by atoms with Crippen molar-refractivity contribution in [2.75, 3.05) is 19.8 Å². The predicted molar refractivity (Wildman–Crippen MR) is 58.6 cm³/mol. The molecule has 5 nitrogen and oxygen atoms in total. The largest absolute Gasteiger partial charge is 0.370 e. The lowest BCUT2D eigenvalue weighted by atomic mass is 10.5. The van der Waals surface area contributed by atoms with Crippen LogP contribution >= 0.6 is 11.3 Å². The number of ether oxygens (including phenoxy) is 1. The molecule has 1 aromatic rings. The Hall–Kier alpha value is -0.980. The van der Waals surface area contributed by atoms with Crippen molar-refractivity contribution in [3.8, 4) is 0 Å². The molecule has 0 aliphatic carbocycles. The number of nitrogens with zero attached hydrogens (tertiary/aromatic N) is 1. The van der Waals surface area contributed by atoms with Crippen molar-refractivity contribution in [3.05, 3.63) is 16.1 Å². The minimum Gasteiger partial charge on any atom is -0.370 e. The van der Waals surface area contributed by atoms with Crippen LogP contribution in [-0.4, -0.2) is 30.6 Å². The number of primary amides is 1. The molecule has 1 heterocycles. The van der Waals surface area contributed by atoms with E-state index in [-0.39, 0.29) is 6.61 Å². The van der Waals surface area contributed by atoms with Gasteiger partial charge in [-0.25, -0.2) is 4.98 Å². The number of rotatable bonds is 7. The number of carbonyl (C=O) groups excluding carboxylic acids is 1. The van der Waals surface area contributed by atoms with Gasteiger partial charge in [0, 0.05) is 24.2 Å². The SMILES string of the molecule is Cc1ncc(CNCCOCC(N)=O)s1. The van der Waals surface area contributed by atoms with Gasteiger partial charge in [0.05, 0.1) is 11.6 Å². The van der Waals surface area contributed by atoms with Crippen molar-refractivity contribution in [1.82, 2.24) is 10.3 Å². The summed E-state index contributed by atoms with van der Waals surface area (Å²) >= 11 is 1.67. The van der Waals surface area contributed by atoms with E-state index in [2.05, 4.69) is 10.3 Å². The maximum Gasteiger partial charge on any atom is 0.243 e. The third-order valence-electron chi connectivity index (χ3n) is 1.64. The molecule has 0 fully saturated rings. The van der Waals surface area contributed by atoms with Gasteiger partial charge in [-0.15, -0.1) is 11.3 Å². The maximum atomic E-state index is 10.3. The number of aryl methyl sites for hydroxylation is 1. The summed E-state index contributed by atoms with van der Waals surface area (Å²) in [6.07, 6.45) is 1.86. The zero-order valence-corrected chi connectivity index (χ0v) is 9.47. The van der Waals surface area contributed by atoms with Crippen molar-refractivity contribution in [2.24, 2.45) is 5.73 Å². The highest BCUT2D eigenvalue weighted by atomic mass is 32.1. The van der Waals surface area contributed by atoms with E-state index >= 15 is 0 Å². The molecule has 3 N–H and O–H groups in total. The smallest absolute Gasteiger partial charge is 0.243 e. The molecule has 0 aromatic carbocycles. The molecule has 1 rings (SSSR count). The van der Waals surface area contributed by atoms with E-state index in [0.29, 0.717) is 13.2 Å². The Balaban J connectivity index is 2.00. The number of nitrogens with one attached hydrogen (secondary N) is 1. The minimum atomic E-state index is -0.437.